The summed E-state index contributed by atoms with van der Waals surface area (Å²) in [7, 11) is 1.60. The van der Waals surface area contributed by atoms with Crippen molar-refractivity contribution in [3.05, 3.63) is 0 Å². The van der Waals surface area contributed by atoms with E-state index in [-0.39, 0.29) is 0 Å². The van der Waals surface area contributed by atoms with E-state index in [1.54, 1.807) is 7.11 Å². The number of hydrogen-bond acceptors (Lipinski definition) is 5. The van der Waals surface area contributed by atoms with Gasteiger partial charge < -0.3 is 23.8 Å². The highest BCUT2D eigenvalue weighted by Crippen LogP contribution is 2.07. The molecule has 5 heteroatoms. The average Bonchev–Trinajstić information content (AvgIpc) is 2.38. The van der Waals surface area contributed by atoms with Crippen molar-refractivity contribution in [2.24, 2.45) is 0 Å². The van der Waals surface area contributed by atoms with Crippen molar-refractivity contribution < 1.29 is 18.9 Å². The maximum Gasteiger partial charge on any atom is 0.146 e. The largest absolute Gasteiger partial charge is 0.359 e. The summed E-state index contributed by atoms with van der Waals surface area (Å²) in [4.78, 5) is 2.45. The van der Waals surface area contributed by atoms with Crippen molar-refractivity contribution in [1.82, 2.24) is 4.90 Å². The Balaban J connectivity index is 1.75. The molecule has 1 rings (SSSR count). The van der Waals surface area contributed by atoms with E-state index in [1.165, 1.54) is 32.4 Å². The lowest BCUT2D eigenvalue weighted by atomic mass is 10.1. The van der Waals surface area contributed by atoms with Crippen LogP contribution in [-0.2, 0) is 18.9 Å². The van der Waals surface area contributed by atoms with Crippen LogP contribution in [0, 0.1) is 0 Å². The minimum Gasteiger partial charge on any atom is -0.359 e. The molecule has 0 N–H and O–H groups in total. The first-order chi connectivity index (χ1) is 8.43. The predicted octanol–water partition coefficient (Wildman–Crippen LogP) is 1.08. The van der Waals surface area contributed by atoms with Crippen molar-refractivity contribution in [2.75, 3.05) is 60.2 Å². The first-order valence-corrected chi connectivity index (χ1v) is 6.38. The Bertz CT molecular complexity index is 163. The molecule has 0 amide bonds. The molecule has 0 unspecified atom stereocenters. The summed E-state index contributed by atoms with van der Waals surface area (Å²) < 4.78 is 20.5. The molecule has 0 aliphatic carbocycles. The van der Waals surface area contributed by atoms with Gasteiger partial charge in [0.25, 0.3) is 0 Å². The number of nitrogens with zero attached hydrogens (tertiary/aromatic N) is 1. The molecule has 1 aliphatic rings. The number of methoxy groups -OCH3 is 1. The summed E-state index contributed by atoms with van der Waals surface area (Å²) >= 11 is 0. The van der Waals surface area contributed by atoms with Gasteiger partial charge in [0.1, 0.15) is 13.6 Å². The molecular formula is C12H25NO4. The van der Waals surface area contributed by atoms with Gasteiger partial charge in [0.15, 0.2) is 0 Å². The molecule has 5 nitrogen and oxygen atoms in total. The van der Waals surface area contributed by atoms with E-state index in [2.05, 4.69) is 4.90 Å². The number of piperidine rings is 1. The fraction of sp³-hybridized carbons (Fsp3) is 1.00. The standard InChI is InChI=1S/C12H25NO4/c1-14-11-16-9-10-17-12-15-8-7-13-5-3-2-4-6-13/h2-12H2,1H3. The van der Waals surface area contributed by atoms with Crippen LogP contribution >= 0.6 is 0 Å². The smallest absolute Gasteiger partial charge is 0.146 e. The highest BCUT2D eigenvalue weighted by atomic mass is 16.7. The summed E-state index contributed by atoms with van der Waals surface area (Å²) in [6, 6.07) is 0. The predicted molar refractivity (Wildman–Crippen MR) is 64.9 cm³/mol. The van der Waals surface area contributed by atoms with E-state index in [1.807, 2.05) is 0 Å². The normalized spacial score (nSPS) is 17.5. The highest BCUT2D eigenvalue weighted by molar-refractivity contribution is 4.63. The summed E-state index contributed by atoms with van der Waals surface area (Å²) in [5.74, 6) is 0. The van der Waals surface area contributed by atoms with Gasteiger partial charge in [0.05, 0.1) is 19.8 Å². The van der Waals surface area contributed by atoms with Crippen LogP contribution in [0.3, 0.4) is 0 Å². The molecule has 1 fully saturated rings. The average molecular weight is 247 g/mol. The molecule has 0 aromatic heterocycles. The molecule has 102 valence electrons. The van der Waals surface area contributed by atoms with E-state index in [0.29, 0.717) is 26.8 Å². The Morgan fingerprint density at radius 2 is 1.47 bits per heavy atom. The van der Waals surface area contributed by atoms with Crippen molar-refractivity contribution in [3.63, 3.8) is 0 Å². The van der Waals surface area contributed by atoms with Crippen LogP contribution < -0.4 is 0 Å². The lowest BCUT2D eigenvalue weighted by molar-refractivity contribution is -0.0936. The van der Waals surface area contributed by atoms with Crippen LogP contribution in [0.4, 0.5) is 0 Å². The molecule has 0 saturated carbocycles. The number of hydrogen-bond donors (Lipinski definition) is 0. The minimum atomic E-state index is 0.319. The van der Waals surface area contributed by atoms with Gasteiger partial charge >= 0.3 is 0 Å². The van der Waals surface area contributed by atoms with E-state index in [0.717, 1.165) is 13.2 Å². The second kappa shape index (κ2) is 10.9. The van der Waals surface area contributed by atoms with Gasteiger partial charge in [-0.25, -0.2) is 0 Å². The second-order valence-electron chi connectivity index (χ2n) is 4.15. The minimum absolute atomic E-state index is 0.319. The topological polar surface area (TPSA) is 40.2 Å². The molecule has 0 aromatic carbocycles. The van der Waals surface area contributed by atoms with E-state index in [4.69, 9.17) is 18.9 Å². The molecule has 0 aromatic rings. The Kier molecular flexibility index (Phi) is 9.55. The number of ether oxygens (including phenoxy) is 4. The van der Waals surface area contributed by atoms with Crippen LogP contribution in [0.5, 0.6) is 0 Å². The lowest BCUT2D eigenvalue weighted by Crippen LogP contribution is -2.32. The summed E-state index contributed by atoms with van der Waals surface area (Å²) in [6.07, 6.45) is 4.03. The fourth-order valence-corrected chi connectivity index (χ4v) is 1.81. The monoisotopic (exact) mass is 247 g/mol. The molecule has 17 heavy (non-hydrogen) atoms. The van der Waals surface area contributed by atoms with E-state index in [9.17, 15) is 0 Å². The Morgan fingerprint density at radius 3 is 2.18 bits per heavy atom. The second-order valence-corrected chi connectivity index (χ2v) is 4.15. The van der Waals surface area contributed by atoms with Crippen LogP contribution in [0.2, 0.25) is 0 Å². The molecule has 1 heterocycles. The van der Waals surface area contributed by atoms with Crippen molar-refractivity contribution in [3.8, 4) is 0 Å². The summed E-state index contributed by atoms with van der Waals surface area (Å²) in [5.41, 5.74) is 0. The third-order valence-electron chi connectivity index (χ3n) is 2.74. The van der Waals surface area contributed by atoms with Crippen LogP contribution in [0.25, 0.3) is 0 Å². The molecule has 0 atom stereocenters. The maximum absolute atomic E-state index is 5.39. The van der Waals surface area contributed by atoms with Crippen LogP contribution in [0.15, 0.2) is 0 Å². The zero-order chi connectivity index (χ0) is 12.2. The summed E-state index contributed by atoms with van der Waals surface area (Å²) in [6.45, 7) is 5.96. The highest BCUT2D eigenvalue weighted by Gasteiger charge is 2.08. The fourth-order valence-electron chi connectivity index (χ4n) is 1.81. The van der Waals surface area contributed by atoms with Gasteiger partial charge in [-0.2, -0.15) is 0 Å². The Labute approximate surface area is 104 Å². The van der Waals surface area contributed by atoms with Crippen molar-refractivity contribution in [2.45, 2.75) is 19.3 Å². The van der Waals surface area contributed by atoms with Crippen molar-refractivity contribution in [1.29, 1.82) is 0 Å². The molecule has 1 saturated heterocycles. The molecule has 0 radical (unpaired) electrons. The van der Waals surface area contributed by atoms with Crippen LogP contribution in [0.1, 0.15) is 19.3 Å². The van der Waals surface area contributed by atoms with Crippen molar-refractivity contribution >= 4 is 0 Å². The number of likely N-dealkylation sites (tertiary alicyclic amines) is 1. The van der Waals surface area contributed by atoms with E-state index >= 15 is 0 Å². The quantitative estimate of drug-likeness (QED) is 0.427. The number of rotatable bonds is 10. The van der Waals surface area contributed by atoms with Gasteiger partial charge in [-0.3, -0.25) is 0 Å². The van der Waals surface area contributed by atoms with E-state index < -0.39 is 0 Å². The first-order valence-electron chi connectivity index (χ1n) is 6.38. The Hall–Kier alpha value is -0.200. The van der Waals surface area contributed by atoms with Gasteiger partial charge in [-0.15, -0.1) is 0 Å². The molecular weight excluding hydrogens is 222 g/mol. The van der Waals surface area contributed by atoms with Gasteiger partial charge in [0, 0.05) is 13.7 Å². The maximum atomic E-state index is 5.39. The Morgan fingerprint density at radius 1 is 0.824 bits per heavy atom. The van der Waals surface area contributed by atoms with Gasteiger partial charge in [-0.05, 0) is 25.9 Å². The summed E-state index contributed by atoms with van der Waals surface area (Å²) in [5, 5.41) is 0. The first kappa shape index (κ1) is 14.9. The lowest BCUT2D eigenvalue weighted by Gasteiger charge is -2.26. The molecule has 0 bridgehead atoms. The molecule has 0 spiro atoms. The third-order valence-corrected chi connectivity index (χ3v) is 2.74. The van der Waals surface area contributed by atoms with Crippen LogP contribution in [-0.4, -0.2) is 65.1 Å². The zero-order valence-electron chi connectivity index (χ0n) is 10.9. The van der Waals surface area contributed by atoms with Gasteiger partial charge in [0.2, 0.25) is 0 Å². The molecule has 1 aliphatic heterocycles. The SMILES string of the molecule is COCOCCOCOCCN1CCCCC1. The zero-order valence-corrected chi connectivity index (χ0v) is 10.9. The third kappa shape index (κ3) is 8.51. The van der Waals surface area contributed by atoms with Gasteiger partial charge in [-0.1, -0.05) is 6.42 Å².